The fourth-order valence-electron chi connectivity index (χ4n) is 5.66. The van der Waals surface area contributed by atoms with E-state index in [0.29, 0.717) is 11.7 Å². The molecule has 36 heavy (non-hydrogen) atoms. The van der Waals surface area contributed by atoms with E-state index in [2.05, 4.69) is 108 Å². The Bertz CT molecular complexity index is 1120. The number of rotatable bonds is 4. The van der Waals surface area contributed by atoms with Crippen molar-refractivity contribution in [2.45, 2.75) is 125 Å². The molecule has 2 aromatic carbocycles. The molecule has 204 valence electrons. The molecule has 0 aromatic heterocycles. The molecule has 0 bridgehead atoms. The van der Waals surface area contributed by atoms with Gasteiger partial charge in [0.2, 0.25) is 0 Å². The van der Waals surface area contributed by atoms with Gasteiger partial charge in [0.25, 0.3) is 0 Å². The van der Waals surface area contributed by atoms with E-state index in [1.807, 2.05) is 13.0 Å². The maximum absolute atomic E-state index is 11.9. The third-order valence-electron chi connectivity index (χ3n) is 7.27. The quantitative estimate of drug-likeness (QED) is 0.366. The molecule has 2 rings (SSSR count). The predicted octanol–water partition coefficient (Wildman–Crippen LogP) is 7.64. The van der Waals surface area contributed by atoms with Gasteiger partial charge in [-0.25, -0.2) is 0 Å². The second kappa shape index (κ2) is 9.19. The van der Waals surface area contributed by atoms with Crippen LogP contribution in [0.3, 0.4) is 0 Å². The zero-order valence-electron chi connectivity index (χ0n) is 25.5. The summed E-state index contributed by atoms with van der Waals surface area (Å²) in [6.07, 6.45) is 0.299. The summed E-state index contributed by atoms with van der Waals surface area (Å²) in [4.78, 5) is 35.6. The van der Waals surface area contributed by atoms with Gasteiger partial charge in [0.15, 0.2) is 0 Å². The van der Waals surface area contributed by atoms with Gasteiger partial charge in [0.05, 0.1) is 0 Å². The van der Waals surface area contributed by atoms with Crippen molar-refractivity contribution in [1.29, 1.82) is 0 Å². The summed E-state index contributed by atoms with van der Waals surface area (Å²) in [6.45, 7) is 29.9. The van der Waals surface area contributed by atoms with Crippen LogP contribution in [0.1, 0.15) is 122 Å². The van der Waals surface area contributed by atoms with Gasteiger partial charge in [-0.05, 0) is 0 Å². The van der Waals surface area contributed by atoms with Crippen LogP contribution in [-0.4, -0.2) is 20.8 Å². The number of hydrogen-bond donors (Lipinski definition) is 3. The first-order chi connectivity index (χ1) is 15.8. The average molecular weight is 517 g/mol. The minimum absolute atomic E-state index is 0.0503. The molecule has 3 N–H and O–H groups in total. The van der Waals surface area contributed by atoms with E-state index >= 15 is 0 Å². The third-order valence-corrected chi connectivity index (χ3v) is 9.81. The summed E-state index contributed by atoms with van der Waals surface area (Å²) in [5.74, 6) is 0. The molecule has 0 radical (unpaired) electrons. The van der Waals surface area contributed by atoms with Crippen molar-refractivity contribution >= 4 is 12.6 Å². The Hall–Kier alpha value is -1.25. The van der Waals surface area contributed by atoms with Gasteiger partial charge >= 0.3 is 222 Å². The predicted molar refractivity (Wildman–Crippen MR) is 159 cm³/mol. The van der Waals surface area contributed by atoms with Crippen LogP contribution >= 0.6 is 7.28 Å². The molecule has 0 heterocycles. The molecule has 0 aliphatic carbocycles. The Morgan fingerprint density at radius 2 is 0.944 bits per heavy atom. The molecule has 0 amide bonds. The monoisotopic (exact) mass is 516 g/mol. The molecule has 0 unspecified atom stereocenters. The zero-order valence-corrected chi connectivity index (χ0v) is 26.4. The van der Waals surface area contributed by atoms with Gasteiger partial charge in [-0.1, -0.05) is 0 Å². The van der Waals surface area contributed by atoms with Crippen molar-refractivity contribution in [3.63, 3.8) is 0 Å². The van der Waals surface area contributed by atoms with Crippen LogP contribution in [0, 0.1) is 13.8 Å². The van der Waals surface area contributed by atoms with Crippen molar-refractivity contribution in [2.24, 2.45) is 0 Å². The van der Waals surface area contributed by atoms with E-state index in [1.165, 1.54) is 11.1 Å². The molecule has 2 aromatic rings. The SMILES string of the molecule is Cc1ccc(C(C)(C)C)c(C(C)(C)C)c1CCP(O)(O)(O)c1c(C)ccc(C(C)(C)C)c1C(C)(C)C. The van der Waals surface area contributed by atoms with Crippen molar-refractivity contribution in [1.82, 2.24) is 0 Å². The van der Waals surface area contributed by atoms with Gasteiger partial charge in [0.1, 0.15) is 0 Å². The van der Waals surface area contributed by atoms with Gasteiger partial charge in [0, 0.05) is 0 Å². The van der Waals surface area contributed by atoms with Crippen LogP contribution in [0.15, 0.2) is 24.3 Å². The Kier molecular flexibility index (Phi) is 7.91. The first kappa shape index (κ1) is 31.0. The van der Waals surface area contributed by atoms with E-state index in [0.717, 1.165) is 27.8 Å². The van der Waals surface area contributed by atoms with Gasteiger partial charge in [-0.2, -0.15) is 0 Å². The molecular formula is C32H53O3P. The molecule has 0 spiro atoms. The topological polar surface area (TPSA) is 60.7 Å². The normalized spacial score (nSPS) is 15.1. The van der Waals surface area contributed by atoms with Gasteiger partial charge < -0.3 is 0 Å². The maximum atomic E-state index is 11.9. The third kappa shape index (κ3) is 6.41. The van der Waals surface area contributed by atoms with E-state index in [9.17, 15) is 14.7 Å². The van der Waals surface area contributed by atoms with Crippen LogP contribution in [0.5, 0.6) is 0 Å². The Labute approximate surface area is 221 Å². The molecule has 0 saturated carbocycles. The second-order valence-electron chi connectivity index (χ2n) is 15.1. The number of aryl methyl sites for hydroxylation is 2. The van der Waals surface area contributed by atoms with Crippen LogP contribution < -0.4 is 5.30 Å². The molecule has 0 saturated heterocycles. The average Bonchev–Trinajstić information content (AvgIpc) is 2.62. The van der Waals surface area contributed by atoms with E-state index in [-0.39, 0.29) is 27.8 Å². The Morgan fingerprint density at radius 1 is 0.556 bits per heavy atom. The second-order valence-corrected chi connectivity index (χ2v) is 18.3. The van der Waals surface area contributed by atoms with Crippen LogP contribution in [0.25, 0.3) is 0 Å². The summed E-state index contributed by atoms with van der Waals surface area (Å²) in [6, 6.07) is 8.37. The molecule has 0 fully saturated rings. The fraction of sp³-hybridized carbons (Fsp3) is 0.625. The summed E-state index contributed by atoms with van der Waals surface area (Å²) in [5, 5.41) is 0.350. The summed E-state index contributed by atoms with van der Waals surface area (Å²) < 4.78 is 0. The number of hydrogen-bond acceptors (Lipinski definition) is 3. The standard InChI is InChI=1S/C32H53O3P/c1-21-15-17-24(29(3,4)5)26(31(9,10)11)23(21)19-20-36(33,34,35)28-22(2)16-18-25(30(6,7)8)27(28)32(12,13)14/h15-18,33-35H,19-20H2,1-14H3. The Morgan fingerprint density at radius 3 is 1.33 bits per heavy atom. The van der Waals surface area contributed by atoms with Crippen LogP contribution in [0.4, 0.5) is 0 Å². The molecule has 0 atom stereocenters. The summed E-state index contributed by atoms with van der Waals surface area (Å²) in [7, 11) is -5.24. The molecule has 0 aliphatic heterocycles. The number of benzene rings is 2. The van der Waals surface area contributed by atoms with Gasteiger partial charge in [-0.3, -0.25) is 0 Å². The van der Waals surface area contributed by atoms with Crippen molar-refractivity contribution in [3.8, 4) is 0 Å². The van der Waals surface area contributed by atoms with E-state index < -0.39 is 7.28 Å². The first-order valence-electron chi connectivity index (χ1n) is 13.3. The first-order valence-corrected chi connectivity index (χ1v) is 15.6. The fourth-order valence-corrected chi connectivity index (χ4v) is 8.23. The summed E-state index contributed by atoms with van der Waals surface area (Å²) >= 11 is 0. The van der Waals surface area contributed by atoms with Crippen molar-refractivity contribution in [2.75, 3.05) is 6.16 Å². The van der Waals surface area contributed by atoms with Crippen LogP contribution in [0.2, 0.25) is 0 Å². The molecule has 4 heteroatoms. The molecule has 3 nitrogen and oxygen atoms in total. The molecular weight excluding hydrogens is 463 g/mol. The van der Waals surface area contributed by atoms with Crippen molar-refractivity contribution in [3.05, 3.63) is 63.2 Å². The van der Waals surface area contributed by atoms with E-state index in [1.54, 1.807) is 0 Å². The van der Waals surface area contributed by atoms with E-state index in [4.69, 9.17) is 0 Å². The Balaban J connectivity index is 2.81. The zero-order chi connectivity index (χ0) is 28.3. The van der Waals surface area contributed by atoms with Crippen molar-refractivity contribution < 1.29 is 14.7 Å². The molecule has 0 aliphatic rings. The summed E-state index contributed by atoms with van der Waals surface area (Å²) in [5.41, 5.74) is 6.63. The van der Waals surface area contributed by atoms with Crippen LogP contribution in [-0.2, 0) is 28.1 Å². The minimum atomic E-state index is -5.24. The van der Waals surface area contributed by atoms with Gasteiger partial charge in [-0.15, -0.1) is 0 Å².